The molecule has 1 aromatic heterocycles. The molecule has 3 aromatic rings. The van der Waals surface area contributed by atoms with Crippen LogP contribution in [0, 0.1) is 5.92 Å². The molecule has 2 aliphatic heterocycles. The number of hydrogen-bond donors (Lipinski definition) is 0. The molecule has 6 nitrogen and oxygen atoms in total. The first-order chi connectivity index (χ1) is 13.8. The van der Waals surface area contributed by atoms with E-state index in [2.05, 4.69) is 4.98 Å². The highest BCUT2D eigenvalue weighted by Gasteiger charge is 2.60. The van der Waals surface area contributed by atoms with E-state index in [0.29, 0.717) is 5.69 Å². The minimum absolute atomic E-state index is 0.256. The molecule has 2 aliphatic rings. The van der Waals surface area contributed by atoms with Crippen LogP contribution in [0.15, 0.2) is 85.2 Å². The third-order valence-electron chi connectivity index (χ3n) is 5.17. The average molecular weight is 371 g/mol. The fraction of sp³-hybridized carbons (Fsp3) is 0.136. The molecule has 28 heavy (non-hydrogen) atoms. The molecule has 2 fully saturated rings. The predicted molar refractivity (Wildman–Crippen MR) is 103 cm³/mol. The highest BCUT2D eigenvalue weighted by atomic mass is 16.7. The van der Waals surface area contributed by atoms with Crippen molar-refractivity contribution in [3.05, 3.63) is 90.8 Å². The second kappa shape index (κ2) is 6.58. The maximum Gasteiger partial charge on any atom is 0.266 e. The van der Waals surface area contributed by atoms with Crippen LogP contribution in [0.4, 0.5) is 11.4 Å². The lowest BCUT2D eigenvalue weighted by Gasteiger charge is -2.28. The lowest BCUT2D eigenvalue weighted by Crippen LogP contribution is -2.37. The van der Waals surface area contributed by atoms with E-state index in [1.54, 1.807) is 41.7 Å². The van der Waals surface area contributed by atoms with E-state index in [0.717, 1.165) is 11.3 Å². The van der Waals surface area contributed by atoms with Gasteiger partial charge >= 0.3 is 0 Å². The fourth-order valence-electron chi connectivity index (χ4n) is 3.93. The van der Waals surface area contributed by atoms with E-state index >= 15 is 0 Å². The smallest absolute Gasteiger partial charge is 0.266 e. The molecule has 0 bridgehead atoms. The number of fused-ring (bicyclic) bond motifs is 1. The molecule has 0 radical (unpaired) electrons. The fourth-order valence-corrected chi connectivity index (χ4v) is 3.93. The number of hydroxylamine groups is 1. The number of hydrogen-bond acceptors (Lipinski definition) is 5. The second-order valence-electron chi connectivity index (χ2n) is 6.79. The number of anilines is 2. The summed E-state index contributed by atoms with van der Waals surface area (Å²) in [6.45, 7) is 0. The number of carbonyl (C=O) groups is 2. The van der Waals surface area contributed by atoms with Gasteiger partial charge in [0.1, 0.15) is 5.92 Å². The van der Waals surface area contributed by atoms with Crippen LogP contribution in [0.1, 0.15) is 11.6 Å². The van der Waals surface area contributed by atoms with Gasteiger partial charge in [0.25, 0.3) is 5.91 Å². The number of pyridine rings is 1. The Morgan fingerprint density at radius 2 is 1.46 bits per heavy atom. The zero-order chi connectivity index (χ0) is 19.1. The van der Waals surface area contributed by atoms with Gasteiger partial charge in [-0.05, 0) is 35.9 Å². The zero-order valence-electron chi connectivity index (χ0n) is 14.9. The Labute approximate surface area is 161 Å². The van der Waals surface area contributed by atoms with Gasteiger partial charge in [0.2, 0.25) is 5.91 Å². The van der Waals surface area contributed by atoms with Crippen molar-refractivity contribution in [2.75, 3.05) is 9.96 Å². The summed E-state index contributed by atoms with van der Waals surface area (Å²) in [4.78, 5) is 37.9. The van der Waals surface area contributed by atoms with Crippen LogP contribution in [-0.2, 0) is 14.4 Å². The van der Waals surface area contributed by atoms with Gasteiger partial charge in [0.15, 0.2) is 6.10 Å². The Morgan fingerprint density at radius 3 is 2.11 bits per heavy atom. The molecular formula is C22H17N3O3. The van der Waals surface area contributed by atoms with Crippen LogP contribution in [0.25, 0.3) is 0 Å². The summed E-state index contributed by atoms with van der Waals surface area (Å²) in [5.41, 5.74) is 2.18. The number of benzene rings is 2. The average Bonchev–Trinajstić information content (AvgIpc) is 3.26. The Balaban J connectivity index is 1.59. The van der Waals surface area contributed by atoms with E-state index in [1.165, 1.54) is 4.90 Å². The van der Waals surface area contributed by atoms with Crippen LogP contribution in [0.2, 0.25) is 0 Å². The summed E-state index contributed by atoms with van der Waals surface area (Å²) in [5, 5.41) is 1.67. The lowest BCUT2D eigenvalue weighted by atomic mass is 9.91. The summed E-state index contributed by atoms with van der Waals surface area (Å²) in [6, 6.07) is 21.8. The number of aromatic nitrogens is 1. The molecule has 3 heterocycles. The molecule has 138 valence electrons. The molecule has 5 rings (SSSR count). The third kappa shape index (κ3) is 2.50. The number of imide groups is 1. The first-order valence-corrected chi connectivity index (χ1v) is 9.09. The number of amides is 2. The minimum Gasteiger partial charge on any atom is -0.273 e. The Hall–Kier alpha value is -3.51. The first kappa shape index (κ1) is 16.6. The van der Waals surface area contributed by atoms with Gasteiger partial charge < -0.3 is 0 Å². The van der Waals surface area contributed by atoms with Crippen LogP contribution in [0.3, 0.4) is 0 Å². The molecule has 0 saturated carbocycles. The van der Waals surface area contributed by atoms with E-state index < -0.39 is 18.1 Å². The van der Waals surface area contributed by atoms with Gasteiger partial charge in [-0.15, -0.1) is 0 Å². The van der Waals surface area contributed by atoms with Crippen molar-refractivity contribution in [1.29, 1.82) is 0 Å². The number of carbonyl (C=O) groups excluding carboxylic acids is 2. The largest absolute Gasteiger partial charge is 0.273 e. The molecule has 6 heteroatoms. The van der Waals surface area contributed by atoms with E-state index in [4.69, 9.17) is 4.84 Å². The standard InChI is InChI=1S/C22H17N3O3/c26-21-18-19(15-8-7-13-23-14-15)25(17-11-5-2-6-12-17)28-20(18)22(27)24(21)16-9-3-1-4-10-16/h1-14,18-20H/t18-,19+,20-/m1/s1. The van der Waals surface area contributed by atoms with Crippen LogP contribution in [0.5, 0.6) is 0 Å². The maximum absolute atomic E-state index is 13.3. The van der Waals surface area contributed by atoms with Gasteiger partial charge in [0, 0.05) is 12.4 Å². The van der Waals surface area contributed by atoms with Crippen LogP contribution < -0.4 is 9.96 Å². The lowest BCUT2D eigenvalue weighted by molar-refractivity contribution is -0.126. The quantitative estimate of drug-likeness (QED) is 0.662. The van der Waals surface area contributed by atoms with E-state index in [9.17, 15) is 9.59 Å². The highest BCUT2D eigenvalue weighted by molar-refractivity contribution is 6.23. The predicted octanol–water partition coefficient (Wildman–Crippen LogP) is 3.13. The zero-order valence-corrected chi connectivity index (χ0v) is 14.9. The molecule has 0 N–H and O–H groups in total. The number of para-hydroxylation sites is 2. The molecule has 2 amide bonds. The van der Waals surface area contributed by atoms with Crippen molar-refractivity contribution in [2.45, 2.75) is 12.1 Å². The third-order valence-corrected chi connectivity index (χ3v) is 5.17. The molecule has 3 atom stereocenters. The molecule has 2 aromatic carbocycles. The van der Waals surface area contributed by atoms with Crippen molar-refractivity contribution in [2.24, 2.45) is 5.92 Å². The van der Waals surface area contributed by atoms with Crippen molar-refractivity contribution >= 4 is 23.2 Å². The van der Waals surface area contributed by atoms with Crippen molar-refractivity contribution < 1.29 is 14.4 Å². The molecule has 0 spiro atoms. The summed E-state index contributed by atoms with van der Waals surface area (Å²) >= 11 is 0. The Morgan fingerprint density at radius 1 is 0.786 bits per heavy atom. The molecule has 0 unspecified atom stereocenters. The van der Waals surface area contributed by atoms with Crippen LogP contribution >= 0.6 is 0 Å². The van der Waals surface area contributed by atoms with Crippen molar-refractivity contribution in [1.82, 2.24) is 4.98 Å². The van der Waals surface area contributed by atoms with Gasteiger partial charge in [-0.25, -0.2) is 9.96 Å². The topological polar surface area (TPSA) is 62.7 Å². The Kier molecular flexibility index (Phi) is 3.91. The normalized spacial score (nSPS) is 23.9. The van der Waals surface area contributed by atoms with Gasteiger partial charge in [0.05, 0.1) is 17.4 Å². The second-order valence-corrected chi connectivity index (χ2v) is 6.79. The molecule has 2 saturated heterocycles. The minimum atomic E-state index is -0.863. The van der Waals surface area contributed by atoms with Gasteiger partial charge in [-0.2, -0.15) is 0 Å². The SMILES string of the molecule is O=C1[C@H]2[C@@H](ON(c3ccccc3)[C@H]2c2cccnc2)C(=O)N1c1ccccc1. The summed E-state index contributed by atoms with van der Waals surface area (Å²) in [7, 11) is 0. The first-order valence-electron chi connectivity index (χ1n) is 9.09. The highest BCUT2D eigenvalue weighted by Crippen LogP contribution is 2.47. The Bertz CT molecular complexity index is 1010. The number of rotatable bonds is 3. The molecular weight excluding hydrogens is 354 g/mol. The summed E-state index contributed by atoms with van der Waals surface area (Å²) < 4.78 is 0. The summed E-state index contributed by atoms with van der Waals surface area (Å²) in [5.74, 6) is -1.24. The summed E-state index contributed by atoms with van der Waals surface area (Å²) in [6.07, 6.45) is 2.54. The molecule has 0 aliphatic carbocycles. The van der Waals surface area contributed by atoms with Crippen LogP contribution in [-0.4, -0.2) is 22.9 Å². The van der Waals surface area contributed by atoms with E-state index in [1.807, 2.05) is 48.5 Å². The van der Waals surface area contributed by atoms with Crippen molar-refractivity contribution in [3.8, 4) is 0 Å². The maximum atomic E-state index is 13.3. The van der Waals surface area contributed by atoms with Gasteiger partial charge in [-0.3, -0.25) is 19.4 Å². The van der Waals surface area contributed by atoms with Crippen molar-refractivity contribution in [3.63, 3.8) is 0 Å². The van der Waals surface area contributed by atoms with Gasteiger partial charge in [-0.1, -0.05) is 42.5 Å². The monoisotopic (exact) mass is 371 g/mol. The number of nitrogens with zero attached hydrogens (tertiary/aromatic N) is 3. The van der Waals surface area contributed by atoms with E-state index in [-0.39, 0.29) is 11.8 Å².